The van der Waals surface area contributed by atoms with Crippen molar-refractivity contribution in [3.63, 3.8) is 0 Å². The van der Waals surface area contributed by atoms with Gasteiger partial charge in [0, 0.05) is 16.1 Å². The average molecular weight is 304 g/mol. The standard InChI is InChI=1S/C16H14ClNO3/c1-10-6-2-3-7-11(10)15(19)18-14(16(20)21)12-8-4-5-9-13(12)17/h2-9,14H,1H3,(H,18,19)(H,20,21)/t14-/m1/s1. The largest absolute Gasteiger partial charge is 0.479 e. The van der Waals surface area contributed by atoms with Crippen LogP contribution in [0.15, 0.2) is 48.5 Å². The van der Waals surface area contributed by atoms with Gasteiger partial charge >= 0.3 is 5.97 Å². The van der Waals surface area contributed by atoms with Gasteiger partial charge in [0.15, 0.2) is 6.04 Å². The van der Waals surface area contributed by atoms with E-state index in [0.29, 0.717) is 16.1 Å². The molecule has 0 aliphatic carbocycles. The number of amides is 1. The summed E-state index contributed by atoms with van der Waals surface area (Å²) in [6.07, 6.45) is 0. The van der Waals surface area contributed by atoms with Crippen LogP contribution in [0, 0.1) is 6.92 Å². The van der Waals surface area contributed by atoms with Crippen LogP contribution >= 0.6 is 11.6 Å². The molecule has 21 heavy (non-hydrogen) atoms. The maximum Gasteiger partial charge on any atom is 0.330 e. The minimum absolute atomic E-state index is 0.301. The van der Waals surface area contributed by atoms with Crippen molar-refractivity contribution in [1.29, 1.82) is 0 Å². The first-order valence-electron chi connectivity index (χ1n) is 6.34. The monoisotopic (exact) mass is 303 g/mol. The maximum atomic E-state index is 12.2. The number of hydrogen-bond acceptors (Lipinski definition) is 2. The quantitative estimate of drug-likeness (QED) is 0.911. The number of carboxylic acids is 1. The van der Waals surface area contributed by atoms with Gasteiger partial charge in [0.25, 0.3) is 5.91 Å². The zero-order valence-electron chi connectivity index (χ0n) is 11.3. The molecule has 0 saturated carbocycles. The Morgan fingerprint density at radius 1 is 1.10 bits per heavy atom. The molecule has 2 aromatic carbocycles. The first kappa shape index (κ1) is 15.1. The number of carbonyl (C=O) groups is 2. The van der Waals surface area contributed by atoms with Gasteiger partial charge in [-0.25, -0.2) is 4.79 Å². The Hall–Kier alpha value is -2.33. The molecule has 108 valence electrons. The van der Waals surface area contributed by atoms with Crippen LogP contribution in [0.3, 0.4) is 0 Å². The lowest BCUT2D eigenvalue weighted by molar-refractivity contribution is -0.139. The SMILES string of the molecule is Cc1ccccc1C(=O)N[C@@H](C(=O)O)c1ccccc1Cl. The van der Waals surface area contributed by atoms with Crippen LogP contribution in [0.2, 0.25) is 5.02 Å². The summed E-state index contributed by atoms with van der Waals surface area (Å²) in [7, 11) is 0. The number of aliphatic carboxylic acids is 1. The van der Waals surface area contributed by atoms with Gasteiger partial charge in [-0.3, -0.25) is 4.79 Å². The third kappa shape index (κ3) is 3.41. The summed E-state index contributed by atoms with van der Waals surface area (Å²) in [5, 5.41) is 12.2. The number of rotatable bonds is 4. The molecule has 1 amide bonds. The molecule has 5 heteroatoms. The Morgan fingerprint density at radius 3 is 2.33 bits per heavy atom. The third-order valence-corrected chi connectivity index (χ3v) is 3.47. The fourth-order valence-corrected chi connectivity index (χ4v) is 2.26. The number of benzene rings is 2. The van der Waals surface area contributed by atoms with Crippen LogP contribution in [0.5, 0.6) is 0 Å². The smallest absolute Gasteiger partial charge is 0.330 e. The van der Waals surface area contributed by atoms with Gasteiger partial charge in [-0.1, -0.05) is 48.0 Å². The first-order chi connectivity index (χ1) is 10.0. The lowest BCUT2D eigenvalue weighted by Gasteiger charge is -2.17. The summed E-state index contributed by atoms with van der Waals surface area (Å²) >= 11 is 6.01. The van der Waals surface area contributed by atoms with Crippen LogP contribution in [-0.4, -0.2) is 17.0 Å². The molecule has 0 fully saturated rings. The van der Waals surface area contributed by atoms with Crippen molar-refractivity contribution in [3.8, 4) is 0 Å². The summed E-state index contributed by atoms with van der Waals surface area (Å²) in [5.41, 5.74) is 1.57. The fraction of sp³-hybridized carbons (Fsp3) is 0.125. The van der Waals surface area contributed by atoms with Gasteiger partial charge in [0.2, 0.25) is 0 Å². The van der Waals surface area contributed by atoms with Crippen molar-refractivity contribution < 1.29 is 14.7 Å². The average Bonchev–Trinajstić information content (AvgIpc) is 2.45. The molecule has 0 aromatic heterocycles. The van der Waals surface area contributed by atoms with Crippen molar-refractivity contribution in [2.75, 3.05) is 0 Å². The molecule has 2 rings (SSSR count). The fourth-order valence-electron chi connectivity index (χ4n) is 2.02. The Labute approximate surface area is 127 Å². The summed E-state index contributed by atoms with van der Waals surface area (Å²) < 4.78 is 0. The third-order valence-electron chi connectivity index (χ3n) is 3.13. The van der Waals surface area contributed by atoms with Gasteiger partial charge in [-0.05, 0) is 24.6 Å². The number of carboxylic acid groups (broad SMARTS) is 1. The van der Waals surface area contributed by atoms with E-state index < -0.39 is 17.9 Å². The molecule has 0 saturated heterocycles. The predicted molar refractivity (Wildman–Crippen MR) is 80.5 cm³/mol. The van der Waals surface area contributed by atoms with E-state index in [2.05, 4.69) is 5.32 Å². The maximum absolute atomic E-state index is 12.2. The molecule has 0 spiro atoms. The molecule has 0 unspecified atom stereocenters. The zero-order chi connectivity index (χ0) is 15.4. The van der Waals surface area contributed by atoms with E-state index in [4.69, 9.17) is 11.6 Å². The van der Waals surface area contributed by atoms with Crippen LogP contribution in [0.4, 0.5) is 0 Å². The van der Waals surface area contributed by atoms with E-state index in [9.17, 15) is 14.7 Å². The molecular formula is C16H14ClNO3. The predicted octanol–water partition coefficient (Wildman–Crippen LogP) is 3.20. The number of nitrogens with one attached hydrogen (secondary N) is 1. The normalized spacial score (nSPS) is 11.7. The number of aryl methyl sites for hydroxylation is 1. The highest BCUT2D eigenvalue weighted by Gasteiger charge is 2.25. The molecule has 2 aromatic rings. The van der Waals surface area contributed by atoms with Gasteiger partial charge in [-0.15, -0.1) is 0 Å². The number of carbonyl (C=O) groups excluding carboxylic acids is 1. The number of halogens is 1. The molecule has 4 nitrogen and oxygen atoms in total. The van der Waals surface area contributed by atoms with Crippen LogP contribution < -0.4 is 5.32 Å². The van der Waals surface area contributed by atoms with E-state index >= 15 is 0 Å². The highest BCUT2D eigenvalue weighted by atomic mass is 35.5. The van der Waals surface area contributed by atoms with Gasteiger partial charge in [0.1, 0.15) is 0 Å². The highest BCUT2D eigenvalue weighted by molar-refractivity contribution is 6.31. The topological polar surface area (TPSA) is 66.4 Å². The van der Waals surface area contributed by atoms with E-state index in [-0.39, 0.29) is 0 Å². The Bertz CT molecular complexity index is 685. The molecule has 0 radical (unpaired) electrons. The van der Waals surface area contributed by atoms with Crippen molar-refractivity contribution in [2.24, 2.45) is 0 Å². The first-order valence-corrected chi connectivity index (χ1v) is 6.72. The van der Waals surface area contributed by atoms with Gasteiger partial charge in [0.05, 0.1) is 0 Å². The Kier molecular flexibility index (Phi) is 4.60. The lowest BCUT2D eigenvalue weighted by Crippen LogP contribution is -2.34. The van der Waals surface area contributed by atoms with Crippen molar-refractivity contribution in [3.05, 3.63) is 70.2 Å². The van der Waals surface area contributed by atoms with E-state index in [1.807, 2.05) is 6.07 Å². The number of hydrogen-bond donors (Lipinski definition) is 2. The highest BCUT2D eigenvalue weighted by Crippen LogP contribution is 2.23. The van der Waals surface area contributed by atoms with Crippen molar-refractivity contribution in [2.45, 2.75) is 13.0 Å². The molecule has 1 atom stereocenters. The van der Waals surface area contributed by atoms with E-state index in [0.717, 1.165) is 5.56 Å². The molecule has 0 aliphatic rings. The Morgan fingerprint density at radius 2 is 1.71 bits per heavy atom. The minimum atomic E-state index is -1.19. The van der Waals surface area contributed by atoms with Crippen molar-refractivity contribution >= 4 is 23.5 Å². The lowest BCUT2D eigenvalue weighted by atomic mass is 10.0. The Balaban J connectivity index is 2.30. The molecule has 0 bridgehead atoms. The zero-order valence-corrected chi connectivity index (χ0v) is 12.1. The summed E-state index contributed by atoms with van der Waals surface area (Å²) in [6.45, 7) is 1.79. The summed E-state index contributed by atoms with van der Waals surface area (Å²) in [5.74, 6) is -1.61. The second-order valence-electron chi connectivity index (χ2n) is 4.58. The van der Waals surface area contributed by atoms with Crippen LogP contribution in [0.1, 0.15) is 27.5 Å². The summed E-state index contributed by atoms with van der Waals surface area (Å²) in [6, 6.07) is 12.3. The van der Waals surface area contributed by atoms with Gasteiger partial charge < -0.3 is 10.4 Å². The summed E-state index contributed by atoms with van der Waals surface area (Å²) in [4.78, 5) is 23.7. The van der Waals surface area contributed by atoms with Crippen LogP contribution in [0.25, 0.3) is 0 Å². The van der Waals surface area contributed by atoms with E-state index in [1.54, 1.807) is 49.4 Å². The minimum Gasteiger partial charge on any atom is -0.479 e. The molecule has 0 heterocycles. The van der Waals surface area contributed by atoms with Gasteiger partial charge in [-0.2, -0.15) is 0 Å². The second kappa shape index (κ2) is 6.41. The van der Waals surface area contributed by atoms with E-state index in [1.165, 1.54) is 0 Å². The molecule has 2 N–H and O–H groups in total. The molecule has 0 aliphatic heterocycles. The van der Waals surface area contributed by atoms with Crippen molar-refractivity contribution in [1.82, 2.24) is 5.32 Å². The second-order valence-corrected chi connectivity index (χ2v) is 4.99. The molecular weight excluding hydrogens is 290 g/mol. The van der Waals surface area contributed by atoms with Crippen LogP contribution in [-0.2, 0) is 4.79 Å².